The lowest BCUT2D eigenvalue weighted by atomic mass is 10.1. The predicted molar refractivity (Wildman–Crippen MR) is 76.6 cm³/mol. The standard InChI is InChI=1S/C16H14FNO4/c17-12-5-10(7-19)16(11(6-12)8-20)21-9-15-18-13-3-1-2-4-14(13)22-15/h1-6,19-20H,7-9H2. The molecular weight excluding hydrogens is 289 g/mol. The molecule has 0 radical (unpaired) electrons. The lowest BCUT2D eigenvalue weighted by Crippen LogP contribution is -2.03. The van der Waals surface area contributed by atoms with E-state index in [9.17, 15) is 14.6 Å². The SMILES string of the molecule is OCc1cc(F)cc(CO)c1OCc1nc2ccccc2o1. The summed E-state index contributed by atoms with van der Waals surface area (Å²) in [5.74, 6) is 0.0641. The second-order valence-corrected chi connectivity index (χ2v) is 4.73. The monoisotopic (exact) mass is 303 g/mol. The maximum atomic E-state index is 13.4. The van der Waals surface area contributed by atoms with Gasteiger partial charge in [-0.15, -0.1) is 0 Å². The first-order valence-electron chi connectivity index (χ1n) is 6.71. The highest BCUT2D eigenvalue weighted by Crippen LogP contribution is 2.27. The fraction of sp³-hybridized carbons (Fsp3) is 0.188. The number of para-hydroxylation sites is 2. The number of oxazole rings is 1. The summed E-state index contributed by atoms with van der Waals surface area (Å²) in [6.45, 7) is -0.776. The maximum Gasteiger partial charge on any atom is 0.233 e. The highest BCUT2D eigenvalue weighted by atomic mass is 19.1. The highest BCUT2D eigenvalue weighted by molar-refractivity contribution is 5.72. The minimum absolute atomic E-state index is 0.0142. The number of fused-ring (bicyclic) bond motifs is 1. The number of benzene rings is 2. The summed E-state index contributed by atoms with van der Waals surface area (Å²) in [6.07, 6.45) is 0. The molecule has 0 fully saturated rings. The van der Waals surface area contributed by atoms with Crippen LogP contribution in [-0.2, 0) is 19.8 Å². The number of aliphatic hydroxyl groups is 2. The summed E-state index contributed by atoms with van der Waals surface area (Å²) in [5.41, 5.74) is 1.88. The molecule has 0 aliphatic rings. The van der Waals surface area contributed by atoms with Gasteiger partial charge in [-0.05, 0) is 24.3 Å². The summed E-state index contributed by atoms with van der Waals surface area (Å²) in [7, 11) is 0. The molecule has 114 valence electrons. The normalized spacial score (nSPS) is 11.0. The summed E-state index contributed by atoms with van der Waals surface area (Å²) in [4.78, 5) is 4.27. The van der Waals surface area contributed by atoms with Crippen molar-refractivity contribution in [2.24, 2.45) is 0 Å². The fourth-order valence-corrected chi connectivity index (χ4v) is 2.25. The summed E-state index contributed by atoms with van der Waals surface area (Å²) in [6, 6.07) is 9.64. The number of ether oxygens (including phenoxy) is 1. The molecule has 0 saturated carbocycles. The molecule has 0 aliphatic carbocycles. The molecule has 0 amide bonds. The van der Waals surface area contributed by atoms with Crippen LogP contribution < -0.4 is 4.74 Å². The van der Waals surface area contributed by atoms with Crippen LogP contribution in [0.1, 0.15) is 17.0 Å². The molecule has 5 nitrogen and oxygen atoms in total. The van der Waals surface area contributed by atoms with E-state index in [0.29, 0.717) is 17.0 Å². The van der Waals surface area contributed by atoms with Crippen LogP contribution in [0.15, 0.2) is 40.8 Å². The first kappa shape index (κ1) is 14.5. The molecule has 0 unspecified atom stereocenters. The minimum Gasteiger partial charge on any atom is -0.483 e. The smallest absolute Gasteiger partial charge is 0.233 e. The maximum absolute atomic E-state index is 13.4. The average Bonchev–Trinajstić information content (AvgIpc) is 2.95. The van der Waals surface area contributed by atoms with Gasteiger partial charge in [0.2, 0.25) is 5.89 Å². The minimum atomic E-state index is -0.540. The summed E-state index contributed by atoms with van der Waals surface area (Å²) < 4.78 is 24.5. The Kier molecular flexibility index (Phi) is 4.04. The molecule has 0 atom stereocenters. The van der Waals surface area contributed by atoms with E-state index in [1.54, 1.807) is 6.07 Å². The quantitative estimate of drug-likeness (QED) is 0.757. The van der Waals surface area contributed by atoms with E-state index in [1.165, 1.54) is 12.1 Å². The molecule has 3 aromatic rings. The van der Waals surface area contributed by atoms with Crippen molar-refractivity contribution in [1.29, 1.82) is 0 Å². The van der Waals surface area contributed by atoms with Crippen LogP contribution in [0.4, 0.5) is 4.39 Å². The van der Waals surface area contributed by atoms with Crippen LogP contribution in [0.5, 0.6) is 5.75 Å². The van der Waals surface area contributed by atoms with Crippen molar-refractivity contribution in [2.45, 2.75) is 19.8 Å². The van der Waals surface area contributed by atoms with Crippen molar-refractivity contribution in [3.63, 3.8) is 0 Å². The Balaban J connectivity index is 1.86. The van der Waals surface area contributed by atoms with Gasteiger partial charge < -0.3 is 19.4 Å². The molecule has 2 N–H and O–H groups in total. The van der Waals surface area contributed by atoms with E-state index in [1.807, 2.05) is 18.2 Å². The predicted octanol–water partition coefficient (Wildman–Crippen LogP) is 2.53. The van der Waals surface area contributed by atoms with E-state index < -0.39 is 19.0 Å². The molecule has 0 aliphatic heterocycles. The number of halogens is 1. The number of rotatable bonds is 5. The molecule has 1 heterocycles. The first-order chi connectivity index (χ1) is 10.7. The van der Waals surface area contributed by atoms with Crippen molar-refractivity contribution >= 4 is 11.1 Å². The molecule has 3 rings (SSSR count). The molecule has 0 spiro atoms. The Morgan fingerprint density at radius 3 is 2.41 bits per heavy atom. The largest absolute Gasteiger partial charge is 0.483 e. The van der Waals surface area contributed by atoms with Gasteiger partial charge in [-0.1, -0.05) is 12.1 Å². The molecule has 0 bridgehead atoms. The molecule has 1 aromatic heterocycles. The Morgan fingerprint density at radius 2 is 1.77 bits per heavy atom. The fourth-order valence-electron chi connectivity index (χ4n) is 2.25. The number of nitrogens with zero attached hydrogens (tertiary/aromatic N) is 1. The molecule has 0 saturated heterocycles. The van der Waals surface area contributed by atoms with Crippen LogP contribution in [-0.4, -0.2) is 15.2 Å². The van der Waals surface area contributed by atoms with E-state index in [-0.39, 0.29) is 23.5 Å². The van der Waals surface area contributed by atoms with Crippen LogP contribution in [0.2, 0.25) is 0 Å². The van der Waals surface area contributed by atoms with Gasteiger partial charge in [0.25, 0.3) is 0 Å². The zero-order chi connectivity index (χ0) is 15.5. The Labute approximate surface area is 125 Å². The van der Waals surface area contributed by atoms with Crippen LogP contribution in [0.3, 0.4) is 0 Å². The van der Waals surface area contributed by atoms with Gasteiger partial charge in [-0.3, -0.25) is 0 Å². The second-order valence-electron chi connectivity index (χ2n) is 4.73. The Morgan fingerprint density at radius 1 is 1.09 bits per heavy atom. The third-order valence-corrected chi connectivity index (χ3v) is 3.23. The topological polar surface area (TPSA) is 75.7 Å². The van der Waals surface area contributed by atoms with Gasteiger partial charge in [-0.25, -0.2) is 9.37 Å². The zero-order valence-electron chi connectivity index (χ0n) is 11.6. The van der Waals surface area contributed by atoms with Gasteiger partial charge in [0.15, 0.2) is 12.2 Å². The molecule has 22 heavy (non-hydrogen) atoms. The molecule has 6 heteroatoms. The van der Waals surface area contributed by atoms with E-state index in [4.69, 9.17) is 9.15 Å². The van der Waals surface area contributed by atoms with Gasteiger partial charge in [0, 0.05) is 11.1 Å². The van der Waals surface area contributed by atoms with E-state index in [2.05, 4.69) is 4.98 Å². The van der Waals surface area contributed by atoms with Gasteiger partial charge >= 0.3 is 0 Å². The van der Waals surface area contributed by atoms with Crippen LogP contribution in [0, 0.1) is 5.82 Å². The molecular formula is C16H14FNO4. The number of aliphatic hydroxyl groups excluding tert-OH is 2. The summed E-state index contributed by atoms with van der Waals surface area (Å²) >= 11 is 0. The van der Waals surface area contributed by atoms with Crippen molar-refractivity contribution in [1.82, 2.24) is 4.98 Å². The van der Waals surface area contributed by atoms with Crippen LogP contribution >= 0.6 is 0 Å². The number of hydrogen-bond acceptors (Lipinski definition) is 5. The zero-order valence-corrected chi connectivity index (χ0v) is 11.6. The van der Waals surface area contributed by atoms with Gasteiger partial charge in [0.05, 0.1) is 13.2 Å². The third-order valence-electron chi connectivity index (χ3n) is 3.23. The number of hydrogen-bond donors (Lipinski definition) is 2. The van der Waals surface area contributed by atoms with Crippen molar-refractivity contribution in [3.8, 4) is 5.75 Å². The highest BCUT2D eigenvalue weighted by Gasteiger charge is 2.13. The van der Waals surface area contributed by atoms with Crippen molar-refractivity contribution < 1.29 is 23.8 Å². The molecule has 2 aromatic carbocycles. The lowest BCUT2D eigenvalue weighted by Gasteiger charge is -2.13. The van der Waals surface area contributed by atoms with E-state index in [0.717, 1.165) is 0 Å². The average molecular weight is 303 g/mol. The first-order valence-corrected chi connectivity index (χ1v) is 6.71. The van der Waals surface area contributed by atoms with Gasteiger partial charge in [-0.2, -0.15) is 0 Å². The Hall–Kier alpha value is -2.44. The van der Waals surface area contributed by atoms with E-state index >= 15 is 0 Å². The van der Waals surface area contributed by atoms with Gasteiger partial charge in [0.1, 0.15) is 17.1 Å². The third kappa shape index (κ3) is 2.79. The van der Waals surface area contributed by atoms with Crippen molar-refractivity contribution in [2.75, 3.05) is 0 Å². The Bertz CT molecular complexity index is 742. The summed E-state index contributed by atoms with van der Waals surface area (Å²) in [5, 5.41) is 18.6. The second kappa shape index (κ2) is 6.13. The van der Waals surface area contributed by atoms with Crippen LogP contribution in [0.25, 0.3) is 11.1 Å². The lowest BCUT2D eigenvalue weighted by molar-refractivity contribution is 0.227. The number of aromatic nitrogens is 1. The van der Waals surface area contributed by atoms with Crippen molar-refractivity contribution in [3.05, 3.63) is 59.2 Å².